The molecule has 2 fully saturated rings. The molecule has 0 bridgehead atoms. The van der Waals surface area contributed by atoms with Crippen molar-refractivity contribution in [2.75, 3.05) is 19.7 Å². The summed E-state index contributed by atoms with van der Waals surface area (Å²) < 4.78 is 79.1. The third kappa shape index (κ3) is 5.83. The SMILES string of the molecule is CC(C)(OCC(NC(=O)c1nonc1C1CC1)c1cn2ncc(CN3CC(F)(F)CNC3=O)cc2n1)C(F)(F)F. The van der Waals surface area contributed by atoms with E-state index in [2.05, 4.69) is 31.0 Å². The Hall–Kier alpha value is -3.89. The fraction of sp³-hybridized carbons (Fsp3) is 0.565. The first kappa shape index (κ1) is 27.7. The van der Waals surface area contributed by atoms with E-state index < -0.39 is 55.4 Å². The molecule has 40 heavy (non-hydrogen) atoms. The molecule has 0 radical (unpaired) electrons. The first-order chi connectivity index (χ1) is 18.7. The number of nitrogens with zero attached hydrogens (tertiary/aromatic N) is 6. The van der Waals surface area contributed by atoms with E-state index in [-0.39, 0.29) is 29.5 Å². The molecule has 216 valence electrons. The molecule has 1 atom stereocenters. The van der Waals surface area contributed by atoms with Crippen LogP contribution in [0.2, 0.25) is 0 Å². The Morgan fingerprint density at radius 1 is 1.30 bits per heavy atom. The molecule has 3 aromatic rings. The van der Waals surface area contributed by atoms with Crippen LogP contribution in [-0.4, -0.2) is 79.1 Å². The van der Waals surface area contributed by atoms with Crippen LogP contribution in [-0.2, 0) is 11.3 Å². The molecule has 0 spiro atoms. The number of imidazole rings is 1. The number of amides is 3. The standard InChI is InChI=1S/C23H25F5N8O4/c1-21(2,23(26,27)28)39-9-15(32-19(37)18-17(13-3-4-13)33-40-34-18)14-8-36-16(31-14)5-12(6-30-36)7-35-11-22(24,25)10-29-20(35)38/h5-6,8,13,15H,3-4,7,9-11H2,1-2H3,(H,29,38)(H,32,37). The number of hydrogen-bond acceptors (Lipinski definition) is 8. The summed E-state index contributed by atoms with van der Waals surface area (Å²) in [7, 11) is 0. The second kappa shape index (κ2) is 9.94. The van der Waals surface area contributed by atoms with Crippen LogP contribution >= 0.6 is 0 Å². The normalized spacial score (nSPS) is 18.6. The Labute approximate surface area is 223 Å². The van der Waals surface area contributed by atoms with E-state index in [1.54, 1.807) is 0 Å². The predicted molar refractivity (Wildman–Crippen MR) is 124 cm³/mol. The zero-order valence-corrected chi connectivity index (χ0v) is 21.3. The van der Waals surface area contributed by atoms with Gasteiger partial charge in [0.25, 0.3) is 11.8 Å². The molecule has 12 nitrogen and oxygen atoms in total. The lowest BCUT2D eigenvalue weighted by molar-refractivity contribution is -0.265. The molecule has 17 heteroatoms. The van der Waals surface area contributed by atoms with Crippen LogP contribution in [0.15, 0.2) is 23.1 Å². The fourth-order valence-electron chi connectivity index (χ4n) is 4.04. The monoisotopic (exact) mass is 572 g/mol. The molecular weight excluding hydrogens is 547 g/mol. The number of rotatable bonds is 9. The van der Waals surface area contributed by atoms with Crippen LogP contribution in [0.3, 0.4) is 0 Å². The van der Waals surface area contributed by atoms with Crippen LogP contribution in [0.5, 0.6) is 0 Å². The van der Waals surface area contributed by atoms with Gasteiger partial charge in [-0.25, -0.2) is 27.7 Å². The van der Waals surface area contributed by atoms with E-state index in [0.29, 0.717) is 11.3 Å². The van der Waals surface area contributed by atoms with Gasteiger partial charge in [0.1, 0.15) is 5.69 Å². The molecule has 4 heterocycles. The number of ether oxygens (including phenoxy) is 1. The molecule has 1 unspecified atom stereocenters. The van der Waals surface area contributed by atoms with Crippen molar-refractivity contribution in [3.63, 3.8) is 0 Å². The third-order valence-electron chi connectivity index (χ3n) is 6.63. The van der Waals surface area contributed by atoms with E-state index in [1.165, 1.54) is 23.0 Å². The Morgan fingerprint density at radius 3 is 2.75 bits per heavy atom. The van der Waals surface area contributed by atoms with Crippen LogP contribution in [0.1, 0.15) is 66.1 Å². The van der Waals surface area contributed by atoms with E-state index in [1.807, 2.05) is 0 Å². The molecule has 0 aromatic carbocycles. The minimum atomic E-state index is -4.69. The molecule has 3 amide bonds. The average molecular weight is 572 g/mol. The van der Waals surface area contributed by atoms with Gasteiger partial charge in [-0.1, -0.05) is 5.16 Å². The number of aromatic nitrogens is 5. The molecule has 1 aliphatic heterocycles. The Balaban J connectivity index is 1.39. The van der Waals surface area contributed by atoms with Crippen LogP contribution in [0, 0.1) is 0 Å². The molecule has 2 N–H and O–H groups in total. The highest BCUT2D eigenvalue weighted by molar-refractivity contribution is 5.93. The summed E-state index contributed by atoms with van der Waals surface area (Å²) in [6.07, 6.45) is -0.351. The van der Waals surface area contributed by atoms with Crippen molar-refractivity contribution >= 4 is 17.6 Å². The highest BCUT2D eigenvalue weighted by atomic mass is 19.4. The maximum Gasteiger partial charge on any atom is 0.416 e. The van der Waals surface area contributed by atoms with Gasteiger partial charge in [0.05, 0.1) is 43.8 Å². The fourth-order valence-corrected chi connectivity index (χ4v) is 4.04. The van der Waals surface area contributed by atoms with Crippen molar-refractivity contribution in [2.24, 2.45) is 0 Å². The van der Waals surface area contributed by atoms with Crippen LogP contribution in [0.25, 0.3) is 5.65 Å². The largest absolute Gasteiger partial charge is 0.416 e. The second-order valence-corrected chi connectivity index (χ2v) is 10.3. The zero-order chi connectivity index (χ0) is 28.9. The van der Waals surface area contributed by atoms with Gasteiger partial charge < -0.3 is 20.3 Å². The van der Waals surface area contributed by atoms with Gasteiger partial charge in [0.15, 0.2) is 16.9 Å². The van der Waals surface area contributed by atoms with E-state index in [9.17, 15) is 31.5 Å². The quantitative estimate of drug-likeness (QED) is 0.373. The molecule has 1 saturated heterocycles. The Morgan fingerprint density at radius 2 is 2.05 bits per heavy atom. The van der Waals surface area contributed by atoms with Crippen molar-refractivity contribution in [2.45, 2.75) is 62.9 Å². The lowest BCUT2D eigenvalue weighted by Gasteiger charge is -2.32. The second-order valence-electron chi connectivity index (χ2n) is 10.3. The highest BCUT2D eigenvalue weighted by Gasteiger charge is 2.49. The first-order valence-electron chi connectivity index (χ1n) is 12.3. The van der Waals surface area contributed by atoms with Gasteiger partial charge in [-0.2, -0.15) is 18.3 Å². The summed E-state index contributed by atoms with van der Waals surface area (Å²) in [5.41, 5.74) is -1.55. The number of alkyl halides is 5. The van der Waals surface area contributed by atoms with Crippen molar-refractivity contribution in [3.05, 3.63) is 41.1 Å². The Bertz CT molecular complexity index is 1420. The average Bonchev–Trinajstić information content (AvgIpc) is 3.43. The first-order valence-corrected chi connectivity index (χ1v) is 12.3. The molecular formula is C23H25F5N8O4. The smallest absolute Gasteiger partial charge is 0.364 e. The molecule has 5 rings (SSSR count). The number of halogens is 5. The topological polar surface area (TPSA) is 140 Å². The number of hydrogen-bond donors (Lipinski definition) is 2. The molecule has 2 aliphatic rings. The van der Waals surface area contributed by atoms with Gasteiger partial charge in [0, 0.05) is 12.5 Å². The maximum absolute atomic E-state index is 13.8. The number of carbonyl (C=O) groups excluding carboxylic acids is 2. The summed E-state index contributed by atoms with van der Waals surface area (Å²) >= 11 is 0. The minimum Gasteiger partial charge on any atom is -0.364 e. The summed E-state index contributed by atoms with van der Waals surface area (Å²) in [4.78, 5) is 30.4. The Kier molecular flexibility index (Phi) is 6.87. The van der Waals surface area contributed by atoms with Gasteiger partial charge in [-0.05, 0) is 43.5 Å². The molecule has 3 aromatic heterocycles. The maximum atomic E-state index is 13.8. The number of nitrogens with one attached hydrogen (secondary N) is 2. The summed E-state index contributed by atoms with van der Waals surface area (Å²) in [6, 6.07) is -0.340. The number of fused-ring (bicyclic) bond motifs is 1. The van der Waals surface area contributed by atoms with E-state index >= 15 is 0 Å². The predicted octanol–water partition coefficient (Wildman–Crippen LogP) is 2.98. The van der Waals surface area contributed by atoms with Crippen molar-refractivity contribution < 1.29 is 40.9 Å². The van der Waals surface area contributed by atoms with Gasteiger partial charge >= 0.3 is 12.2 Å². The molecule has 1 aliphatic carbocycles. The van der Waals surface area contributed by atoms with Crippen LogP contribution < -0.4 is 10.6 Å². The van der Waals surface area contributed by atoms with Crippen molar-refractivity contribution in [1.82, 2.24) is 40.4 Å². The van der Waals surface area contributed by atoms with Gasteiger partial charge in [0.2, 0.25) is 0 Å². The summed E-state index contributed by atoms with van der Waals surface area (Å²) in [6.45, 7) is -0.603. The third-order valence-corrected chi connectivity index (χ3v) is 6.63. The van der Waals surface area contributed by atoms with Crippen LogP contribution in [0.4, 0.5) is 26.7 Å². The van der Waals surface area contributed by atoms with E-state index in [4.69, 9.17) is 9.37 Å². The van der Waals surface area contributed by atoms with Gasteiger partial charge in [-0.3, -0.25) is 4.79 Å². The summed E-state index contributed by atoms with van der Waals surface area (Å²) in [5, 5.41) is 16.3. The minimum absolute atomic E-state index is 0.0191. The van der Waals surface area contributed by atoms with Crippen molar-refractivity contribution in [3.8, 4) is 0 Å². The van der Waals surface area contributed by atoms with Gasteiger partial charge in [-0.15, -0.1) is 0 Å². The number of carbonyl (C=O) groups is 2. The zero-order valence-electron chi connectivity index (χ0n) is 21.3. The number of urea groups is 1. The molecule has 1 saturated carbocycles. The van der Waals surface area contributed by atoms with Crippen molar-refractivity contribution in [1.29, 1.82) is 0 Å². The van der Waals surface area contributed by atoms with E-state index in [0.717, 1.165) is 31.6 Å². The lowest BCUT2D eigenvalue weighted by atomic mass is 10.1. The lowest BCUT2D eigenvalue weighted by Crippen LogP contribution is -2.56. The highest BCUT2D eigenvalue weighted by Crippen LogP contribution is 2.40. The summed E-state index contributed by atoms with van der Waals surface area (Å²) in [5.74, 6) is -3.81.